The summed E-state index contributed by atoms with van der Waals surface area (Å²) in [5.41, 5.74) is 10.1. The minimum atomic E-state index is -2.11. The van der Waals surface area contributed by atoms with E-state index in [2.05, 4.69) is 0 Å². The number of aliphatic carboxylic acids is 1. The van der Waals surface area contributed by atoms with Crippen molar-refractivity contribution in [2.45, 2.75) is 39.1 Å². The number of carboxylic acid groups (broad SMARTS) is 1. The van der Waals surface area contributed by atoms with Crippen LogP contribution in [0.15, 0.2) is 41.5 Å². The zero-order valence-corrected chi connectivity index (χ0v) is 14.5. The van der Waals surface area contributed by atoms with Crippen LogP contribution in [-0.2, 0) is 9.53 Å². The van der Waals surface area contributed by atoms with E-state index in [4.69, 9.17) is 15.6 Å². The number of methoxy groups -OCH3 is 1. The third-order valence-electron chi connectivity index (χ3n) is 4.76. The van der Waals surface area contributed by atoms with E-state index in [9.17, 15) is 4.79 Å². The summed E-state index contributed by atoms with van der Waals surface area (Å²) in [6, 6.07) is 6.92. The number of aryl methyl sites for hydroxylation is 1. The zero-order valence-electron chi connectivity index (χ0n) is 14.5. The van der Waals surface area contributed by atoms with E-state index in [1.54, 1.807) is 19.9 Å². The molecule has 2 rings (SSSR count). The predicted octanol–water partition coefficient (Wildman–Crippen LogP) is 3.46. The minimum absolute atomic E-state index is 0.328. The summed E-state index contributed by atoms with van der Waals surface area (Å²) >= 11 is 0. The molecule has 1 aliphatic carbocycles. The van der Waals surface area contributed by atoms with Crippen LogP contribution >= 0.6 is 0 Å². The molecular weight excluding hydrogens is 309 g/mol. The fraction of sp³-hybridized carbons (Fsp3) is 0.421. The maximum atomic E-state index is 15.5. The maximum Gasteiger partial charge on any atom is 0.304 e. The van der Waals surface area contributed by atoms with E-state index in [0.29, 0.717) is 11.1 Å². The predicted molar refractivity (Wildman–Crippen MR) is 92.1 cm³/mol. The molecule has 24 heavy (non-hydrogen) atoms. The van der Waals surface area contributed by atoms with Gasteiger partial charge in [-0.15, -0.1) is 0 Å². The van der Waals surface area contributed by atoms with Crippen molar-refractivity contribution in [3.8, 4) is 0 Å². The number of ether oxygens (including phenoxy) is 1. The summed E-state index contributed by atoms with van der Waals surface area (Å²) in [5, 5.41) is 9.06. The average Bonchev–Trinajstić information content (AvgIpc) is 2.51. The monoisotopic (exact) mass is 333 g/mol. The van der Waals surface area contributed by atoms with E-state index in [1.807, 2.05) is 31.2 Å². The number of halogens is 1. The second kappa shape index (κ2) is 6.87. The van der Waals surface area contributed by atoms with Gasteiger partial charge in [-0.05, 0) is 49.1 Å². The third kappa shape index (κ3) is 3.14. The molecule has 0 saturated heterocycles. The van der Waals surface area contributed by atoms with Gasteiger partial charge in [-0.1, -0.05) is 29.8 Å². The number of nitrogens with two attached hydrogens (primary N) is 1. The molecule has 3 unspecified atom stereocenters. The van der Waals surface area contributed by atoms with Crippen LogP contribution in [0.4, 0.5) is 4.39 Å². The molecule has 0 aromatic heterocycles. The fourth-order valence-corrected chi connectivity index (χ4v) is 3.49. The highest BCUT2D eigenvalue weighted by Crippen LogP contribution is 2.46. The topological polar surface area (TPSA) is 72.5 Å². The second-order valence-corrected chi connectivity index (χ2v) is 6.33. The van der Waals surface area contributed by atoms with Gasteiger partial charge in [0.2, 0.25) is 5.85 Å². The lowest BCUT2D eigenvalue weighted by molar-refractivity contribution is -0.143. The van der Waals surface area contributed by atoms with Gasteiger partial charge in [0, 0.05) is 13.2 Å². The normalized spacial score (nSPS) is 25.4. The Bertz CT molecular complexity index is 710. The van der Waals surface area contributed by atoms with Crippen molar-refractivity contribution in [2.24, 2.45) is 11.7 Å². The molecule has 0 bridgehead atoms. The van der Waals surface area contributed by atoms with Crippen LogP contribution in [-0.4, -0.2) is 30.1 Å². The van der Waals surface area contributed by atoms with Crippen LogP contribution in [0.1, 0.15) is 31.4 Å². The molecule has 4 nitrogen and oxygen atoms in total. The van der Waals surface area contributed by atoms with Crippen molar-refractivity contribution in [1.82, 2.24) is 0 Å². The fourth-order valence-electron chi connectivity index (χ4n) is 3.49. The quantitative estimate of drug-likeness (QED) is 0.865. The molecule has 0 radical (unpaired) electrons. The molecule has 5 heteroatoms. The van der Waals surface area contributed by atoms with Gasteiger partial charge in [-0.2, -0.15) is 0 Å². The van der Waals surface area contributed by atoms with Crippen molar-refractivity contribution in [1.29, 1.82) is 0 Å². The standard InChI is InChI=1S/C19H24FNO3/c1-11-7-5-6-8-14(11)15-9-12(2)19(20,24-4)18(13(15)3)16(21)10-17(22)23/h5-9,16,18H,10,21H2,1-4H3,(H,22,23). The van der Waals surface area contributed by atoms with Gasteiger partial charge >= 0.3 is 5.97 Å². The smallest absolute Gasteiger partial charge is 0.304 e. The summed E-state index contributed by atoms with van der Waals surface area (Å²) in [5.74, 6) is -4.03. The molecule has 3 N–H and O–H groups in total. The lowest BCUT2D eigenvalue weighted by atomic mass is 9.73. The molecule has 0 spiro atoms. The lowest BCUT2D eigenvalue weighted by Gasteiger charge is -2.41. The zero-order chi connectivity index (χ0) is 18.1. The van der Waals surface area contributed by atoms with Gasteiger partial charge in [0.15, 0.2) is 0 Å². The van der Waals surface area contributed by atoms with Gasteiger partial charge in [0.25, 0.3) is 0 Å². The van der Waals surface area contributed by atoms with Gasteiger partial charge in [-0.3, -0.25) is 4.79 Å². The molecule has 3 atom stereocenters. The first-order chi connectivity index (χ1) is 11.2. The van der Waals surface area contributed by atoms with Crippen LogP contribution in [0.2, 0.25) is 0 Å². The Labute approximate surface area is 141 Å². The Hall–Kier alpha value is -1.98. The molecule has 0 amide bonds. The SMILES string of the molecule is COC1(F)C(C)=CC(c2ccccc2C)=C(C)C1C(N)CC(=O)O. The van der Waals surface area contributed by atoms with E-state index >= 15 is 4.39 Å². The van der Waals surface area contributed by atoms with Crippen molar-refractivity contribution in [2.75, 3.05) is 7.11 Å². The second-order valence-electron chi connectivity index (χ2n) is 6.33. The van der Waals surface area contributed by atoms with Gasteiger partial charge in [-0.25, -0.2) is 4.39 Å². The highest BCUT2D eigenvalue weighted by molar-refractivity contribution is 5.81. The molecule has 1 aromatic carbocycles. The molecule has 130 valence electrons. The molecule has 1 aromatic rings. The number of alkyl halides is 1. The van der Waals surface area contributed by atoms with Crippen molar-refractivity contribution in [3.05, 3.63) is 52.6 Å². The third-order valence-corrected chi connectivity index (χ3v) is 4.76. The van der Waals surface area contributed by atoms with E-state index in [1.165, 1.54) is 7.11 Å². The summed E-state index contributed by atoms with van der Waals surface area (Å²) in [7, 11) is 1.28. The number of benzene rings is 1. The Morgan fingerprint density at radius 1 is 1.38 bits per heavy atom. The average molecular weight is 333 g/mol. The number of hydrogen-bond acceptors (Lipinski definition) is 3. The number of carboxylic acids is 1. The van der Waals surface area contributed by atoms with Gasteiger partial charge in [0.05, 0.1) is 12.3 Å². The summed E-state index contributed by atoms with van der Waals surface area (Å²) in [6.45, 7) is 5.43. The van der Waals surface area contributed by atoms with Gasteiger partial charge in [0.1, 0.15) is 0 Å². The Morgan fingerprint density at radius 3 is 2.54 bits per heavy atom. The van der Waals surface area contributed by atoms with Crippen LogP contribution < -0.4 is 5.73 Å². The first-order valence-corrected chi connectivity index (χ1v) is 7.89. The lowest BCUT2D eigenvalue weighted by Crippen LogP contribution is -2.49. The summed E-state index contributed by atoms with van der Waals surface area (Å²) < 4.78 is 20.7. The highest BCUT2D eigenvalue weighted by Gasteiger charge is 2.48. The number of rotatable bonds is 5. The van der Waals surface area contributed by atoms with Crippen molar-refractivity contribution >= 4 is 11.5 Å². The summed E-state index contributed by atoms with van der Waals surface area (Å²) in [4.78, 5) is 11.1. The van der Waals surface area contributed by atoms with Gasteiger partial charge < -0.3 is 15.6 Å². The Balaban J connectivity index is 2.62. The van der Waals surface area contributed by atoms with E-state index < -0.39 is 23.8 Å². The summed E-state index contributed by atoms with van der Waals surface area (Å²) in [6.07, 6.45) is 1.44. The maximum absolute atomic E-state index is 15.5. The first kappa shape index (κ1) is 18.4. The highest BCUT2D eigenvalue weighted by atomic mass is 19.2. The molecule has 0 aliphatic heterocycles. The molecule has 0 heterocycles. The Morgan fingerprint density at radius 2 is 2.00 bits per heavy atom. The number of carbonyl (C=O) groups is 1. The van der Waals surface area contributed by atoms with E-state index in [-0.39, 0.29) is 6.42 Å². The van der Waals surface area contributed by atoms with Crippen LogP contribution in [0.25, 0.3) is 5.57 Å². The van der Waals surface area contributed by atoms with Crippen LogP contribution in [0, 0.1) is 12.8 Å². The first-order valence-electron chi connectivity index (χ1n) is 7.89. The molecule has 0 fully saturated rings. The Kier molecular flexibility index (Phi) is 5.26. The van der Waals surface area contributed by atoms with Crippen LogP contribution in [0.5, 0.6) is 0 Å². The number of hydrogen-bond donors (Lipinski definition) is 2. The van der Waals surface area contributed by atoms with Crippen molar-refractivity contribution < 1.29 is 19.0 Å². The van der Waals surface area contributed by atoms with Crippen molar-refractivity contribution in [3.63, 3.8) is 0 Å². The molecule has 0 saturated carbocycles. The molecular formula is C19H24FNO3. The minimum Gasteiger partial charge on any atom is -0.481 e. The van der Waals surface area contributed by atoms with E-state index in [0.717, 1.165) is 16.7 Å². The number of allylic oxidation sites excluding steroid dienone is 2. The largest absolute Gasteiger partial charge is 0.481 e. The molecule has 1 aliphatic rings. The van der Waals surface area contributed by atoms with Crippen LogP contribution in [0.3, 0.4) is 0 Å².